The Bertz CT molecular complexity index is 148. The van der Waals surface area contributed by atoms with E-state index in [0.29, 0.717) is 0 Å². The van der Waals surface area contributed by atoms with Crippen LogP contribution in [-0.2, 0) is 9.53 Å². The Labute approximate surface area is 81.1 Å². The monoisotopic (exact) mass is 187 g/mol. The van der Waals surface area contributed by atoms with Crippen LogP contribution in [0.2, 0.25) is 0 Å². The molecule has 0 saturated heterocycles. The maximum absolute atomic E-state index is 11.6. The number of likely N-dealkylation sites (N-methyl/N-ethyl adjacent to an activating group) is 1. The molecule has 0 fully saturated rings. The number of ether oxygens (including phenoxy) is 1. The topological polar surface area (TPSA) is 29.5 Å². The fourth-order valence-electron chi connectivity index (χ4n) is 1.13. The summed E-state index contributed by atoms with van der Waals surface area (Å²) in [5.74, 6) is 0.0958. The first kappa shape index (κ1) is 12.4. The second-order valence-electron chi connectivity index (χ2n) is 3.15. The van der Waals surface area contributed by atoms with Crippen LogP contribution in [0.25, 0.3) is 0 Å². The molecule has 3 nitrogen and oxygen atoms in total. The molecule has 13 heavy (non-hydrogen) atoms. The summed E-state index contributed by atoms with van der Waals surface area (Å²) in [7, 11) is 1.57. The lowest BCUT2D eigenvalue weighted by atomic mass is 10.2. The molecular formula is C10H21NO2. The van der Waals surface area contributed by atoms with Gasteiger partial charge in [-0.15, -0.1) is 0 Å². The van der Waals surface area contributed by atoms with Crippen molar-refractivity contribution in [3.63, 3.8) is 0 Å². The Morgan fingerprint density at radius 1 is 1.46 bits per heavy atom. The lowest BCUT2D eigenvalue weighted by Crippen LogP contribution is -2.39. The number of carbonyl (C=O) groups is 1. The fourth-order valence-corrected chi connectivity index (χ4v) is 1.13. The van der Waals surface area contributed by atoms with E-state index < -0.39 is 0 Å². The smallest absolute Gasteiger partial charge is 0.251 e. The normalized spacial score (nSPS) is 12.6. The van der Waals surface area contributed by atoms with Gasteiger partial charge in [0.05, 0.1) is 0 Å². The third-order valence-electron chi connectivity index (χ3n) is 2.18. The van der Waals surface area contributed by atoms with Crippen molar-refractivity contribution in [1.82, 2.24) is 4.90 Å². The number of carbonyl (C=O) groups excluding carboxylic acids is 1. The van der Waals surface area contributed by atoms with Crippen molar-refractivity contribution >= 4 is 5.91 Å². The van der Waals surface area contributed by atoms with Gasteiger partial charge in [-0.1, -0.05) is 13.3 Å². The van der Waals surface area contributed by atoms with Crippen LogP contribution < -0.4 is 0 Å². The second kappa shape index (κ2) is 6.89. The molecule has 78 valence electrons. The Morgan fingerprint density at radius 3 is 2.46 bits per heavy atom. The standard InChI is InChI=1S/C10H21NO2/c1-5-7-8-11(6-2)10(12)9(3)13-4/h9H,5-8H2,1-4H3. The second-order valence-corrected chi connectivity index (χ2v) is 3.15. The quantitative estimate of drug-likeness (QED) is 0.633. The lowest BCUT2D eigenvalue weighted by molar-refractivity contribution is -0.140. The zero-order chi connectivity index (χ0) is 10.3. The van der Waals surface area contributed by atoms with E-state index in [-0.39, 0.29) is 12.0 Å². The minimum absolute atomic E-state index is 0.0958. The van der Waals surface area contributed by atoms with E-state index in [2.05, 4.69) is 6.92 Å². The van der Waals surface area contributed by atoms with Gasteiger partial charge in [0.25, 0.3) is 5.91 Å². The number of hydrogen-bond donors (Lipinski definition) is 0. The summed E-state index contributed by atoms with van der Waals surface area (Å²) in [4.78, 5) is 13.5. The minimum Gasteiger partial charge on any atom is -0.372 e. The molecule has 1 unspecified atom stereocenters. The number of hydrogen-bond acceptors (Lipinski definition) is 2. The van der Waals surface area contributed by atoms with Crippen LogP contribution in [-0.4, -0.2) is 37.1 Å². The number of unbranched alkanes of at least 4 members (excludes halogenated alkanes) is 1. The van der Waals surface area contributed by atoms with Crippen molar-refractivity contribution in [3.8, 4) is 0 Å². The average Bonchev–Trinajstić information content (AvgIpc) is 2.17. The van der Waals surface area contributed by atoms with Crippen LogP contribution >= 0.6 is 0 Å². The van der Waals surface area contributed by atoms with Crippen LogP contribution in [0.1, 0.15) is 33.6 Å². The van der Waals surface area contributed by atoms with Gasteiger partial charge in [-0.2, -0.15) is 0 Å². The van der Waals surface area contributed by atoms with E-state index in [1.165, 1.54) is 0 Å². The molecule has 3 heteroatoms. The number of methoxy groups -OCH3 is 1. The maximum Gasteiger partial charge on any atom is 0.251 e. The first-order chi connectivity index (χ1) is 6.17. The van der Waals surface area contributed by atoms with E-state index >= 15 is 0 Å². The molecule has 0 saturated carbocycles. The highest BCUT2D eigenvalue weighted by atomic mass is 16.5. The SMILES string of the molecule is CCCCN(CC)C(=O)C(C)OC. The summed E-state index contributed by atoms with van der Waals surface area (Å²) in [6.45, 7) is 7.52. The van der Waals surface area contributed by atoms with E-state index in [0.717, 1.165) is 25.9 Å². The highest BCUT2D eigenvalue weighted by Gasteiger charge is 2.17. The molecule has 0 aromatic heterocycles. The molecule has 0 aromatic rings. The van der Waals surface area contributed by atoms with Crippen LogP contribution in [0.3, 0.4) is 0 Å². The molecule has 0 aliphatic carbocycles. The molecule has 0 aliphatic heterocycles. The van der Waals surface area contributed by atoms with Crippen LogP contribution in [0.15, 0.2) is 0 Å². The largest absolute Gasteiger partial charge is 0.372 e. The highest BCUT2D eigenvalue weighted by Crippen LogP contribution is 2.00. The summed E-state index contributed by atoms with van der Waals surface area (Å²) in [6.07, 6.45) is 1.87. The maximum atomic E-state index is 11.6. The summed E-state index contributed by atoms with van der Waals surface area (Å²) < 4.78 is 4.98. The van der Waals surface area contributed by atoms with Crippen molar-refractivity contribution < 1.29 is 9.53 Å². The van der Waals surface area contributed by atoms with Gasteiger partial charge in [-0.25, -0.2) is 0 Å². The molecule has 0 bridgehead atoms. The third kappa shape index (κ3) is 4.27. The predicted molar refractivity (Wildman–Crippen MR) is 53.6 cm³/mol. The van der Waals surface area contributed by atoms with Gasteiger partial charge in [0, 0.05) is 20.2 Å². The summed E-state index contributed by atoms with van der Waals surface area (Å²) in [5.41, 5.74) is 0. The van der Waals surface area contributed by atoms with E-state index in [9.17, 15) is 4.79 Å². The Morgan fingerprint density at radius 2 is 2.08 bits per heavy atom. The Hall–Kier alpha value is -0.570. The molecule has 0 heterocycles. The average molecular weight is 187 g/mol. The Kier molecular flexibility index (Phi) is 6.59. The van der Waals surface area contributed by atoms with Gasteiger partial charge in [-0.3, -0.25) is 4.79 Å². The van der Waals surface area contributed by atoms with Gasteiger partial charge >= 0.3 is 0 Å². The number of rotatable bonds is 6. The van der Waals surface area contributed by atoms with E-state index in [4.69, 9.17) is 4.74 Å². The molecule has 0 radical (unpaired) electrons. The number of nitrogens with zero attached hydrogens (tertiary/aromatic N) is 1. The first-order valence-electron chi connectivity index (χ1n) is 4.98. The van der Waals surface area contributed by atoms with Crippen LogP contribution in [0.4, 0.5) is 0 Å². The van der Waals surface area contributed by atoms with Crippen molar-refractivity contribution in [2.75, 3.05) is 20.2 Å². The summed E-state index contributed by atoms with van der Waals surface area (Å²) in [5, 5.41) is 0. The zero-order valence-corrected chi connectivity index (χ0v) is 9.17. The molecule has 1 amide bonds. The van der Waals surface area contributed by atoms with Gasteiger partial charge < -0.3 is 9.64 Å². The molecule has 0 rings (SSSR count). The third-order valence-corrected chi connectivity index (χ3v) is 2.18. The van der Waals surface area contributed by atoms with Crippen molar-refractivity contribution in [2.45, 2.75) is 39.7 Å². The van der Waals surface area contributed by atoms with Crippen molar-refractivity contribution in [3.05, 3.63) is 0 Å². The fraction of sp³-hybridized carbons (Fsp3) is 0.900. The predicted octanol–water partition coefficient (Wildman–Crippen LogP) is 1.67. The molecule has 0 spiro atoms. The molecule has 0 N–H and O–H groups in total. The van der Waals surface area contributed by atoms with Gasteiger partial charge in [0.15, 0.2) is 0 Å². The van der Waals surface area contributed by atoms with Crippen LogP contribution in [0.5, 0.6) is 0 Å². The van der Waals surface area contributed by atoms with Gasteiger partial charge in [-0.05, 0) is 20.3 Å². The first-order valence-corrected chi connectivity index (χ1v) is 4.98. The molecule has 0 aromatic carbocycles. The van der Waals surface area contributed by atoms with E-state index in [1.807, 2.05) is 11.8 Å². The summed E-state index contributed by atoms with van der Waals surface area (Å²) >= 11 is 0. The molecule has 1 atom stereocenters. The lowest BCUT2D eigenvalue weighted by Gasteiger charge is -2.23. The van der Waals surface area contributed by atoms with Crippen LogP contribution in [0, 0.1) is 0 Å². The van der Waals surface area contributed by atoms with Crippen molar-refractivity contribution in [2.24, 2.45) is 0 Å². The summed E-state index contributed by atoms with van der Waals surface area (Å²) in [6, 6.07) is 0. The minimum atomic E-state index is -0.309. The molecule has 0 aliphatic rings. The zero-order valence-electron chi connectivity index (χ0n) is 9.17. The van der Waals surface area contributed by atoms with Gasteiger partial charge in [0.2, 0.25) is 0 Å². The highest BCUT2D eigenvalue weighted by molar-refractivity contribution is 5.80. The number of amides is 1. The van der Waals surface area contributed by atoms with Gasteiger partial charge in [0.1, 0.15) is 6.10 Å². The van der Waals surface area contributed by atoms with Crippen molar-refractivity contribution in [1.29, 1.82) is 0 Å². The van der Waals surface area contributed by atoms with E-state index in [1.54, 1.807) is 14.0 Å². The molecular weight excluding hydrogens is 166 g/mol. The Balaban J connectivity index is 3.98.